The molecule has 0 unspecified atom stereocenters. The maximum Gasteiger partial charge on any atom is 0.270 e. The summed E-state index contributed by atoms with van der Waals surface area (Å²) in [5, 5.41) is 0. The van der Waals surface area contributed by atoms with Gasteiger partial charge < -0.3 is 9.47 Å². The summed E-state index contributed by atoms with van der Waals surface area (Å²) in [4.78, 5) is 14.5. The Balaban J connectivity index is 1.53. The minimum atomic E-state index is -0.329. The number of amides is 1. The third-order valence-electron chi connectivity index (χ3n) is 4.48. The first kappa shape index (κ1) is 17.0. The lowest BCUT2D eigenvalue weighted by molar-refractivity contribution is 0.0691. The van der Waals surface area contributed by atoms with E-state index in [4.69, 9.17) is 0 Å². The Bertz CT molecular complexity index is 1060. The van der Waals surface area contributed by atoms with Gasteiger partial charge in [0.25, 0.3) is 5.91 Å². The Morgan fingerprint density at radius 3 is 2.44 bits per heavy atom. The second-order valence-electron chi connectivity index (χ2n) is 6.42. The lowest BCUT2D eigenvalue weighted by Crippen LogP contribution is -2.39. The molecule has 0 N–H and O–H groups in total. The minimum Gasteiger partial charge on any atom is -0.340 e. The quantitative estimate of drug-likeness (QED) is 0.636. The molecule has 0 atom stereocenters. The van der Waals surface area contributed by atoms with E-state index in [0.717, 1.165) is 5.56 Å². The SMILES string of the molecule is O=C1c2cc(C#Cc3cccc(F)c3)cn2CCN1Cc1ccc(F)cc1. The van der Waals surface area contributed by atoms with Gasteiger partial charge in [-0.25, -0.2) is 8.78 Å². The number of rotatable bonds is 2. The van der Waals surface area contributed by atoms with Gasteiger partial charge in [-0.15, -0.1) is 0 Å². The molecule has 0 spiro atoms. The zero-order chi connectivity index (χ0) is 18.8. The Labute approximate surface area is 155 Å². The molecule has 27 heavy (non-hydrogen) atoms. The number of carbonyl (C=O) groups excluding carboxylic acids is 1. The lowest BCUT2D eigenvalue weighted by atomic mass is 10.2. The summed E-state index contributed by atoms with van der Waals surface area (Å²) in [5.74, 6) is 5.20. The Hall–Kier alpha value is -3.39. The van der Waals surface area contributed by atoms with Crippen molar-refractivity contribution >= 4 is 5.91 Å². The molecule has 0 fully saturated rings. The number of halogens is 2. The highest BCUT2D eigenvalue weighted by molar-refractivity contribution is 5.94. The van der Waals surface area contributed by atoms with Crippen molar-refractivity contribution in [2.24, 2.45) is 0 Å². The smallest absolute Gasteiger partial charge is 0.270 e. The molecule has 0 radical (unpaired) electrons. The maximum absolute atomic E-state index is 13.2. The van der Waals surface area contributed by atoms with Crippen LogP contribution in [0, 0.1) is 23.5 Å². The highest BCUT2D eigenvalue weighted by atomic mass is 19.1. The predicted octanol–water partition coefficient (Wildman–Crippen LogP) is 3.82. The van der Waals surface area contributed by atoms with Crippen LogP contribution in [0.15, 0.2) is 60.8 Å². The molecule has 1 aromatic heterocycles. The first-order chi connectivity index (χ1) is 13.1. The van der Waals surface area contributed by atoms with E-state index in [0.29, 0.717) is 36.5 Å². The molecular formula is C22H16F2N2O. The van der Waals surface area contributed by atoms with Crippen molar-refractivity contribution in [3.05, 3.63) is 94.8 Å². The van der Waals surface area contributed by atoms with Crippen LogP contribution in [0.5, 0.6) is 0 Å². The van der Waals surface area contributed by atoms with Gasteiger partial charge in [-0.05, 0) is 42.0 Å². The summed E-state index contributed by atoms with van der Waals surface area (Å²) in [5.41, 5.74) is 2.76. The second kappa shape index (κ2) is 7.08. The van der Waals surface area contributed by atoms with Crippen LogP contribution in [0.3, 0.4) is 0 Å². The highest BCUT2D eigenvalue weighted by Crippen LogP contribution is 2.18. The fourth-order valence-electron chi connectivity index (χ4n) is 3.11. The van der Waals surface area contributed by atoms with Crippen molar-refractivity contribution < 1.29 is 13.6 Å². The molecule has 5 heteroatoms. The maximum atomic E-state index is 13.2. The van der Waals surface area contributed by atoms with Crippen LogP contribution >= 0.6 is 0 Å². The number of nitrogens with zero attached hydrogens (tertiary/aromatic N) is 2. The zero-order valence-electron chi connectivity index (χ0n) is 14.5. The molecule has 1 aliphatic heterocycles. The fraction of sp³-hybridized carbons (Fsp3) is 0.136. The molecule has 1 aliphatic rings. The summed E-state index contributed by atoms with van der Waals surface area (Å²) >= 11 is 0. The van der Waals surface area contributed by atoms with E-state index in [1.54, 1.807) is 35.2 Å². The van der Waals surface area contributed by atoms with Gasteiger partial charge in [0, 0.05) is 37.0 Å². The minimum absolute atomic E-state index is 0.0793. The molecule has 3 aromatic rings. The van der Waals surface area contributed by atoms with Gasteiger partial charge in [0.05, 0.1) is 0 Å². The van der Waals surface area contributed by atoms with Crippen LogP contribution in [0.25, 0.3) is 0 Å². The predicted molar refractivity (Wildman–Crippen MR) is 98.0 cm³/mol. The van der Waals surface area contributed by atoms with Crippen molar-refractivity contribution in [3.8, 4) is 11.8 Å². The Morgan fingerprint density at radius 1 is 0.889 bits per heavy atom. The van der Waals surface area contributed by atoms with E-state index in [1.807, 2.05) is 10.8 Å². The van der Waals surface area contributed by atoms with E-state index >= 15 is 0 Å². The van der Waals surface area contributed by atoms with Gasteiger partial charge in [-0.1, -0.05) is 30.0 Å². The van der Waals surface area contributed by atoms with Gasteiger partial charge in [0.2, 0.25) is 0 Å². The molecular weight excluding hydrogens is 346 g/mol. The first-order valence-corrected chi connectivity index (χ1v) is 8.60. The number of carbonyl (C=O) groups is 1. The van der Waals surface area contributed by atoms with Crippen LogP contribution in [-0.2, 0) is 13.1 Å². The number of aromatic nitrogens is 1. The molecule has 3 nitrogen and oxygen atoms in total. The molecule has 2 aromatic carbocycles. The van der Waals surface area contributed by atoms with E-state index < -0.39 is 0 Å². The third-order valence-corrected chi connectivity index (χ3v) is 4.48. The van der Waals surface area contributed by atoms with Crippen molar-refractivity contribution in [2.75, 3.05) is 6.54 Å². The van der Waals surface area contributed by atoms with E-state index in [2.05, 4.69) is 11.8 Å². The highest BCUT2D eigenvalue weighted by Gasteiger charge is 2.25. The third kappa shape index (κ3) is 3.75. The van der Waals surface area contributed by atoms with Crippen molar-refractivity contribution in [1.82, 2.24) is 9.47 Å². The van der Waals surface area contributed by atoms with Crippen molar-refractivity contribution in [3.63, 3.8) is 0 Å². The van der Waals surface area contributed by atoms with E-state index in [-0.39, 0.29) is 17.5 Å². The molecule has 2 heterocycles. The molecule has 4 rings (SSSR count). The topological polar surface area (TPSA) is 25.2 Å². The normalized spacial score (nSPS) is 13.1. The van der Waals surface area contributed by atoms with Crippen LogP contribution in [-0.4, -0.2) is 21.9 Å². The van der Waals surface area contributed by atoms with Crippen LogP contribution in [0.2, 0.25) is 0 Å². The standard InChI is InChI=1S/C22H16F2N2O/c23-19-8-6-17(7-9-19)14-26-11-10-25-15-18(13-21(25)22(26)27)5-4-16-2-1-3-20(24)12-16/h1-3,6-9,12-13,15H,10-11,14H2. The van der Waals surface area contributed by atoms with Gasteiger partial charge in [0.1, 0.15) is 17.3 Å². The molecule has 0 aliphatic carbocycles. The number of benzene rings is 2. The Morgan fingerprint density at radius 2 is 1.67 bits per heavy atom. The first-order valence-electron chi connectivity index (χ1n) is 8.60. The summed E-state index contributed by atoms with van der Waals surface area (Å²) < 4.78 is 28.2. The summed E-state index contributed by atoms with van der Waals surface area (Å²) in [7, 11) is 0. The van der Waals surface area contributed by atoms with E-state index in [1.165, 1.54) is 24.3 Å². The van der Waals surface area contributed by atoms with Crippen molar-refractivity contribution in [2.45, 2.75) is 13.1 Å². The largest absolute Gasteiger partial charge is 0.340 e. The summed E-state index contributed by atoms with van der Waals surface area (Å²) in [6, 6.07) is 14.0. The van der Waals surface area contributed by atoms with Gasteiger partial charge in [0.15, 0.2) is 0 Å². The average molecular weight is 362 g/mol. The van der Waals surface area contributed by atoms with Gasteiger partial charge in [-0.2, -0.15) is 0 Å². The van der Waals surface area contributed by atoms with Gasteiger partial charge >= 0.3 is 0 Å². The molecule has 0 saturated carbocycles. The molecule has 134 valence electrons. The lowest BCUT2D eigenvalue weighted by Gasteiger charge is -2.28. The Kier molecular flexibility index (Phi) is 4.47. The molecule has 0 saturated heterocycles. The summed E-state index contributed by atoms with van der Waals surface area (Å²) in [6.45, 7) is 1.69. The van der Waals surface area contributed by atoms with Crippen LogP contribution in [0.4, 0.5) is 8.78 Å². The number of fused-ring (bicyclic) bond motifs is 1. The fourth-order valence-corrected chi connectivity index (χ4v) is 3.11. The van der Waals surface area contributed by atoms with E-state index in [9.17, 15) is 13.6 Å². The van der Waals surface area contributed by atoms with Gasteiger partial charge in [-0.3, -0.25) is 4.79 Å². The number of hydrogen-bond donors (Lipinski definition) is 0. The van der Waals surface area contributed by atoms with Crippen LogP contribution < -0.4 is 0 Å². The average Bonchev–Trinajstić information content (AvgIpc) is 3.08. The monoisotopic (exact) mass is 362 g/mol. The van der Waals surface area contributed by atoms with Crippen molar-refractivity contribution in [1.29, 1.82) is 0 Å². The second-order valence-corrected chi connectivity index (χ2v) is 6.42. The molecule has 0 bridgehead atoms. The zero-order valence-corrected chi connectivity index (χ0v) is 14.5. The van der Waals surface area contributed by atoms with Crippen LogP contribution in [0.1, 0.15) is 27.2 Å². The number of hydrogen-bond acceptors (Lipinski definition) is 1. The molecule has 1 amide bonds. The summed E-state index contributed by atoms with van der Waals surface area (Å²) in [6.07, 6.45) is 1.84.